The molecular formula is C19H21FN4O3S. The van der Waals surface area contributed by atoms with Crippen molar-refractivity contribution in [3.8, 4) is 11.5 Å². The van der Waals surface area contributed by atoms with E-state index in [0.717, 1.165) is 0 Å². The second kappa shape index (κ2) is 10.8. The number of amides is 1. The van der Waals surface area contributed by atoms with Gasteiger partial charge in [0.1, 0.15) is 5.82 Å². The fourth-order valence-electron chi connectivity index (χ4n) is 2.18. The van der Waals surface area contributed by atoms with Gasteiger partial charge in [0.25, 0.3) is 5.91 Å². The van der Waals surface area contributed by atoms with Crippen LogP contribution in [0.4, 0.5) is 10.1 Å². The van der Waals surface area contributed by atoms with Crippen molar-refractivity contribution in [1.29, 1.82) is 0 Å². The number of anilines is 1. The molecular weight excluding hydrogens is 383 g/mol. The average molecular weight is 404 g/mol. The molecule has 0 aliphatic rings. The summed E-state index contributed by atoms with van der Waals surface area (Å²) in [4.78, 5) is 12.1. The zero-order valence-electron chi connectivity index (χ0n) is 15.5. The van der Waals surface area contributed by atoms with Gasteiger partial charge >= 0.3 is 0 Å². The Morgan fingerprint density at radius 3 is 2.68 bits per heavy atom. The minimum atomic E-state index is -0.396. The van der Waals surface area contributed by atoms with Crippen molar-refractivity contribution < 1.29 is 18.7 Å². The van der Waals surface area contributed by atoms with Crippen LogP contribution < -0.4 is 25.5 Å². The second-order valence-corrected chi connectivity index (χ2v) is 5.86. The predicted octanol–water partition coefficient (Wildman–Crippen LogP) is 2.67. The number of rotatable bonds is 8. The van der Waals surface area contributed by atoms with Crippen molar-refractivity contribution in [1.82, 2.24) is 10.7 Å². The third-order valence-corrected chi connectivity index (χ3v) is 3.65. The highest BCUT2D eigenvalue weighted by molar-refractivity contribution is 7.80. The topological polar surface area (TPSA) is 84.0 Å². The van der Waals surface area contributed by atoms with Crippen LogP contribution in [0.1, 0.15) is 12.5 Å². The summed E-state index contributed by atoms with van der Waals surface area (Å²) in [5.41, 5.74) is 3.75. The van der Waals surface area contributed by atoms with Crippen molar-refractivity contribution in [3.63, 3.8) is 0 Å². The first-order valence-corrected chi connectivity index (χ1v) is 8.86. The molecule has 2 aromatic carbocycles. The number of carbonyl (C=O) groups is 1. The quantitative estimate of drug-likeness (QED) is 0.356. The number of hydrazone groups is 1. The minimum absolute atomic E-state index is 0.262. The molecule has 0 aliphatic carbocycles. The molecule has 0 saturated heterocycles. The van der Waals surface area contributed by atoms with E-state index in [1.54, 1.807) is 18.2 Å². The molecule has 3 N–H and O–H groups in total. The maximum atomic E-state index is 12.9. The first kappa shape index (κ1) is 21.1. The van der Waals surface area contributed by atoms with Crippen LogP contribution in [0, 0.1) is 5.82 Å². The number of hydrogen-bond acceptors (Lipinski definition) is 5. The van der Waals surface area contributed by atoms with Crippen LogP contribution in [0.5, 0.6) is 11.5 Å². The Kier molecular flexibility index (Phi) is 8.16. The maximum absolute atomic E-state index is 12.9. The number of carbonyl (C=O) groups excluding carboxylic acids is 1. The van der Waals surface area contributed by atoms with Crippen LogP contribution >= 0.6 is 12.2 Å². The molecule has 0 aromatic heterocycles. The molecule has 0 atom stereocenters. The number of nitrogens with zero attached hydrogens (tertiary/aromatic N) is 1. The SMILES string of the molecule is CCNC(=S)NN=Cc1cccc(OC)c1OCC(=O)Nc1ccc(F)cc1. The normalized spacial score (nSPS) is 10.4. The number of halogens is 1. The summed E-state index contributed by atoms with van der Waals surface area (Å²) in [5.74, 6) is 0.0354. The largest absolute Gasteiger partial charge is 0.493 e. The molecule has 2 aromatic rings. The first-order chi connectivity index (χ1) is 13.5. The predicted molar refractivity (Wildman–Crippen MR) is 111 cm³/mol. The second-order valence-electron chi connectivity index (χ2n) is 5.45. The number of nitrogens with one attached hydrogen (secondary N) is 3. The lowest BCUT2D eigenvalue weighted by molar-refractivity contribution is -0.118. The van der Waals surface area contributed by atoms with Gasteiger partial charge in [0, 0.05) is 17.8 Å². The molecule has 1 amide bonds. The number of benzene rings is 2. The number of ether oxygens (including phenoxy) is 2. The van der Waals surface area contributed by atoms with Crippen molar-refractivity contribution in [2.75, 3.05) is 25.6 Å². The van der Waals surface area contributed by atoms with Crippen molar-refractivity contribution >= 4 is 35.1 Å². The Morgan fingerprint density at radius 2 is 2.00 bits per heavy atom. The Morgan fingerprint density at radius 1 is 1.25 bits per heavy atom. The molecule has 2 rings (SSSR count). The van der Waals surface area contributed by atoms with Crippen LogP contribution in [-0.2, 0) is 4.79 Å². The number of hydrogen-bond donors (Lipinski definition) is 3. The summed E-state index contributed by atoms with van der Waals surface area (Å²) in [6.45, 7) is 2.34. The van der Waals surface area contributed by atoms with Gasteiger partial charge in [-0.25, -0.2) is 4.39 Å². The van der Waals surface area contributed by atoms with Crippen LogP contribution in [0.2, 0.25) is 0 Å². The summed E-state index contributed by atoms with van der Waals surface area (Å²) >= 11 is 5.04. The fourth-order valence-corrected chi connectivity index (χ4v) is 2.38. The fraction of sp³-hybridized carbons (Fsp3) is 0.211. The number of thiocarbonyl (C=S) groups is 1. The van der Waals surface area contributed by atoms with E-state index in [1.165, 1.54) is 37.6 Å². The molecule has 0 spiro atoms. The highest BCUT2D eigenvalue weighted by atomic mass is 32.1. The van der Waals surface area contributed by atoms with E-state index in [9.17, 15) is 9.18 Å². The number of methoxy groups -OCH3 is 1. The summed E-state index contributed by atoms with van der Waals surface area (Å²) in [7, 11) is 1.50. The van der Waals surface area contributed by atoms with Crippen LogP contribution in [0.25, 0.3) is 0 Å². The summed E-state index contributed by atoms with van der Waals surface area (Å²) in [6.07, 6.45) is 1.51. The lowest BCUT2D eigenvalue weighted by Gasteiger charge is -2.13. The van der Waals surface area contributed by atoms with Crippen LogP contribution in [0.3, 0.4) is 0 Å². The van der Waals surface area contributed by atoms with E-state index >= 15 is 0 Å². The molecule has 9 heteroatoms. The Balaban J connectivity index is 2.04. The lowest BCUT2D eigenvalue weighted by atomic mass is 10.2. The van der Waals surface area contributed by atoms with Gasteiger partial charge < -0.3 is 20.1 Å². The summed E-state index contributed by atoms with van der Waals surface area (Å²) in [5, 5.41) is 9.98. The van der Waals surface area contributed by atoms with Gasteiger partial charge in [-0.05, 0) is 55.5 Å². The highest BCUT2D eigenvalue weighted by Crippen LogP contribution is 2.30. The van der Waals surface area contributed by atoms with E-state index in [2.05, 4.69) is 21.2 Å². The van der Waals surface area contributed by atoms with Gasteiger partial charge in [0.15, 0.2) is 23.2 Å². The average Bonchev–Trinajstić information content (AvgIpc) is 2.68. The van der Waals surface area contributed by atoms with Crippen molar-refractivity contribution in [2.24, 2.45) is 5.10 Å². The third kappa shape index (κ3) is 6.51. The van der Waals surface area contributed by atoms with E-state index < -0.39 is 5.91 Å². The van der Waals surface area contributed by atoms with Gasteiger partial charge in [-0.15, -0.1) is 0 Å². The Hall–Kier alpha value is -3.20. The highest BCUT2D eigenvalue weighted by Gasteiger charge is 2.12. The molecule has 7 nitrogen and oxygen atoms in total. The standard InChI is InChI=1S/C19H21FN4O3S/c1-3-21-19(28)24-22-11-13-5-4-6-16(26-2)18(13)27-12-17(25)23-15-9-7-14(20)8-10-15/h4-11H,3,12H2,1-2H3,(H,23,25)(H2,21,24,28). The van der Waals surface area contributed by atoms with Crippen molar-refractivity contribution in [2.45, 2.75) is 6.92 Å². The molecule has 28 heavy (non-hydrogen) atoms. The molecule has 0 fully saturated rings. The van der Waals surface area contributed by atoms with E-state index in [1.807, 2.05) is 6.92 Å². The van der Waals surface area contributed by atoms with Gasteiger partial charge in [0.2, 0.25) is 0 Å². The smallest absolute Gasteiger partial charge is 0.262 e. The van der Waals surface area contributed by atoms with Gasteiger partial charge in [-0.2, -0.15) is 5.10 Å². The van der Waals surface area contributed by atoms with E-state index in [4.69, 9.17) is 21.7 Å². The zero-order valence-corrected chi connectivity index (χ0v) is 16.3. The first-order valence-electron chi connectivity index (χ1n) is 8.45. The van der Waals surface area contributed by atoms with Crippen LogP contribution in [-0.4, -0.2) is 37.5 Å². The van der Waals surface area contributed by atoms with Gasteiger partial charge in [-0.1, -0.05) is 6.07 Å². The summed E-state index contributed by atoms with van der Waals surface area (Å²) < 4.78 is 23.9. The Bertz CT molecular complexity index is 844. The minimum Gasteiger partial charge on any atom is -0.493 e. The molecule has 0 unspecified atom stereocenters. The monoisotopic (exact) mass is 404 g/mol. The molecule has 0 aliphatic heterocycles. The third-order valence-electron chi connectivity index (χ3n) is 3.41. The summed E-state index contributed by atoms with van der Waals surface area (Å²) in [6, 6.07) is 10.7. The van der Waals surface area contributed by atoms with Crippen molar-refractivity contribution in [3.05, 3.63) is 53.8 Å². The van der Waals surface area contributed by atoms with E-state index in [0.29, 0.717) is 34.4 Å². The maximum Gasteiger partial charge on any atom is 0.262 e. The zero-order chi connectivity index (χ0) is 20.4. The van der Waals surface area contributed by atoms with Crippen LogP contribution in [0.15, 0.2) is 47.6 Å². The molecule has 0 radical (unpaired) electrons. The molecule has 0 bridgehead atoms. The van der Waals surface area contributed by atoms with E-state index in [-0.39, 0.29) is 12.4 Å². The molecule has 0 saturated carbocycles. The molecule has 148 valence electrons. The Labute approximate surface area is 167 Å². The number of para-hydroxylation sites is 1. The molecule has 0 heterocycles. The van der Waals surface area contributed by atoms with Gasteiger partial charge in [-0.3, -0.25) is 10.2 Å². The van der Waals surface area contributed by atoms with Gasteiger partial charge in [0.05, 0.1) is 13.3 Å². The lowest BCUT2D eigenvalue weighted by Crippen LogP contribution is -2.31.